The molecule has 2 rings (SSSR count). The summed E-state index contributed by atoms with van der Waals surface area (Å²) in [6.07, 6.45) is 9.64. The number of rotatable bonds is 13. The van der Waals surface area contributed by atoms with Crippen molar-refractivity contribution in [3.8, 4) is 0 Å². The molecule has 0 aromatic heterocycles. The minimum Gasteiger partial charge on any atom is -0.481 e. The Bertz CT molecular complexity index is 385. The topological polar surface area (TPSA) is 83.8 Å². The third-order valence-corrected chi connectivity index (χ3v) is 5.39. The standard InChI is InChI=1S/C17H28O5/c18-13-22-12-17(9-10-17)6-2-4-14(19)3-1-5-16(7-8-16)11-15(20)21/h13-14,19H,1-12H2,(H,20,21). The second-order valence-corrected chi connectivity index (χ2v) is 7.42. The Morgan fingerprint density at radius 3 is 2.09 bits per heavy atom. The van der Waals surface area contributed by atoms with Crippen molar-refractivity contribution in [3.05, 3.63) is 0 Å². The van der Waals surface area contributed by atoms with Gasteiger partial charge >= 0.3 is 5.97 Å². The normalized spacial score (nSPS) is 21.9. The second-order valence-electron chi connectivity index (χ2n) is 7.42. The van der Waals surface area contributed by atoms with Gasteiger partial charge in [0.1, 0.15) is 0 Å². The van der Waals surface area contributed by atoms with Crippen molar-refractivity contribution in [2.45, 2.75) is 76.7 Å². The van der Waals surface area contributed by atoms with Gasteiger partial charge in [0.15, 0.2) is 0 Å². The van der Waals surface area contributed by atoms with Crippen LogP contribution in [0, 0.1) is 10.8 Å². The molecule has 0 radical (unpaired) electrons. The van der Waals surface area contributed by atoms with Gasteiger partial charge in [-0.15, -0.1) is 0 Å². The summed E-state index contributed by atoms with van der Waals surface area (Å²) in [5, 5.41) is 18.9. The third-order valence-electron chi connectivity index (χ3n) is 5.39. The highest BCUT2D eigenvalue weighted by atomic mass is 16.5. The van der Waals surface area contributed by atoms with Gasteiger partial charge in [0, 0.05) is 5.41 Å². The first kappa shape index (κ1) is 17.3. The van der Waals surface area contributed by atoms with Crippen molar-refractivity contribution < 1.29 is 24.5 Å². The molecule has 0 aromatic carbocycles. The molecule has 22 heavy (non-hydrogen) atoms. The van der Waals surface area contributed by atoms with Crippen LogP contribution < -0.4 is 0 Å². The highest BCUT2D eigenvalue weighted by Gasteiger charge is 2.44. The molecule has 0 saturated heterocycles. The van der Waals surface area contributed by atoms with E-state index in [9.17, 15) is 14.7 Å². The molecule has 2 aliphatic carbocycles. The van der Waals surface area contributed by atoms with Gasteiger partial charge in [0.25, 0.3) is 6.47 Å². The Morgan fingerprint density at radius 2 is 1.64 bits per heavy atom. The van der Waals surface area contributed by atoms with Crippen LogP contribution in [0.2, 0.25) is 0 Å². The Hall–Kier alpha value is -1.10. The first-order chi connectivity index (χ1) is 10.5. The van der Waals surface area contributed by atoms with Gasteiger partial charge in [0.05, 0.1) is 19.1 Å². The SMILES string of the molecule is O=COCC1(CCCC(O)CCCC2(CC(=O)O)CC2)CC1. The van der Waals surface area contributed by atoms with Crippen LogP contribution in [0.3, 0.4) is 0 Å². The van der Waals surface area contributed by atoms with Crippen LogP contribution >= 0.6 is 0 Å². The lowest BCUT2D eigenvalue weighted by molar-refractivity contribution is -0.138. The quantitative estimate of drug-likeness (QED) is 0.511. The summed E-state index contributed by atoms with van der Waals surface area (Å²) in [5.41, 5.74) is 0.232. The van der Waals surface area contributed by atoms with Gasteiger partial charge in [-0.2, -0.15) is 0 Å². The van der Waals surface area contributed by atoms with Gasteiger partial charge < -0.3 is 14.9 Å². The molecule has 0 aliphatic heterocycles. The number of ether oxygens (including phenoxy) is 1. The molecule has 1 atom stereocenters. The summed E-state index contributed by atoms with van der Waals surface area (Å²) in [4.78, 5) is 21.0. The zero-order valence-electron chi connectivity index (χ0n) is 13.3. The van der Waals surface area contributed by atoms with Crippen LogP contribution in [0.4, 0.5) is 0 Å². The lowest BCUT2D eigenvalue weighted by atomic mass is 9.93. The highest BCUT2D eigenvalue weighted by Crippen LogP contribution is 2.53. The maximum atomic E-state index is 10.8. The second kappa shape index (κ2) is 7.44. The molecular formula is C17H28O5. The van der Waals surface area contributed by atoms with E-state index < -0.39 is 5.97 Å². The summed E-state index contributed by atoms with van der Waals surface area (Å²) >= 11 is 0. The fourth-order valence-electron chi connectivity index (χ4n) is 3.44. The highest BCUT2D eigenvalue weighted by molar-refractivity contribution is 5.68. The number of hydrogen-bond donors (Lipinski definition) is 2. The number of carbonyl (C=O) groups excluding carboxylic acids is 1. The molecule has 5 nitrogen and oxygen atoms in total. The lowest BCUT2D eigenvalue weighted by Crippen LogP contribution is -2.13. The van der Waals surface area contributed by atoms with Crippen LogP contribution in [0.15, 0.2) is 0 Å². The molecule has 126 valence electrons. The first-order valence-corrected chi connectivity index (χ1v) is 8.44. The van der Waals surface area contributed by atoms with Crippen LogP contribution in [-0.2, 0) is 14.3 Å². The van der Waals surface area contributed by atoms with Crippen LogP contribution in [0.25, 0.3) is 0 Å². The van der Waals surface area contributed by atoms with Crippen molar-refractivity contribution in [2.75, 3.05) is 6.61 Å². The molecule has 2 aliphatic rings. The van der Waals surface area contributed by atoms with E-state index in [1.807, 2.05) is 0 Å². The van der Waals surface area contributed by atoms with E-state index in [4.69, 9.17) is 9.84 Å². The van der Waals surface area contributed by atoms with E-state index in [-0.39, 0.29) is 23.4 Å². The molecule has 2 saturated carbocycles. The van der Waals surface area contributed by atoms with Crippen LogP contribution in [0.5, 0.6) is 0 Å². The van der Waals surface area contributed by atoms with Gasteiger partial charge in [-0.3, -0.25) is 9.59 Å². The maximum absolute atomic E-state index is 10.8. The molecule has 2 fully saturated rings. The Morgan fingerprint density at radius 1 is 1.09 bits per heavy atom. The molecule has 0 bridgehead atoms. The molecule has 1 unspecified atom stereocenters. The number of aliphatic hydroxyl groups is 1. The zero-order chi connectivity index (χ0) is 16.1. The fraction of sp³-hybridized carbons (Fsp3) is 0.882. The van der Waals surface area contributed by atoms with Crippen LogP contribution in [0.1, 0.15) is 70.6 Å². The van der Waals surface area contributed by atoms with Crippen molar-refractivity contribution >= 4 is 12.4 Å². The molecular weight excluding hydrogens is 284 g/mol. The van der Waals surface area contributed by atoms with Crippen molar-refractivity contribution in [1.29, 1.82) is 0 Å². The first-order valence-electron chi connectivity index (χ1n) is 8.44. The Labute approximate surface area is 132 Å². The number of carbonyl (C=O) groups is 2. The minimum atomic E-state index is -0.703. The number of carboxylic acid groups (broad SMARTS) is 1. The maximum Gasteiger partial charge on any atom is 0.303 e. The third kappa shape index (κ3) is 5.59. The predicted molar refractivity (Wildman–Crippen MR) is 81.3 cm³/mol. The largest absolute Gasteiger partial charge is 0.481 e. The van der Waals surface area contributed by atoms with Crippen molar-refractivity contribution in [1.82, 2.24) is 0 Å². The number of aliphatic carboxylic acids is 1. The van der Waals surface area contributed by atoms with Crippen molar-refractivity contribution in [3.63, 3.8) is 0 Å². The monoisotopic (exact) mass is 312 g/mol. The van der Waals surface area contributed by atoms with E-state index in [0.29, 0.717) is 13.1 Å². The summed E-state index contributed by atoms with van der Waals surface area (Å²) in [7, 11) is 0. The fourth-order valence-corrected chi connectivity index (χ4v) is 3.44. The van der Waals surface area contributed by atoms with Crippen molar-refractivity contribution in [2.24, 2.45) is 10.8 Å². The summed E-state index contributed by atoms with van der Waals surface area (Å²) in [6.45, 7) is 1.03. The van der Waals surface area contributed by atoms with E-state index in [1.54, 1.807) is 0 Å². The van der Waals surface area contributed by atoms with E-state index in [2.05, 4.69) is 0 Å². The van der Waals surface area contributed by atoms with Gasteiger partial charge in [0.2, 0.25) is 0 Å². The molecule has 5 heteroatoms. The molecule has 0 heterocycles. The van der Waals surface area contributed by atoms with E-state index in [1.165, 1.54) is 0 Å². The van der Waals surface area contributed by atoms with Gasteiger partial charge in [-0.25, -0.2) is 0 Å². The van der Waals surface area contributed by atoms with E-state index >= 15 is 0 Å². The number of hydrogen-bond acceptors (Lipinski definition) is 4. The molecule has 2 N–H and O–H groups in total. The van der Waals surface area contributed by atoms with Crippen LogP contribution in [-0.4, -0.2) is 35.4 Å². The van der Waals surface area contributed by atoms with Gasteiger partial charge in [-0.1, -0.05) is 12.8 Å². The minimum absolute atomic E-state index is 0.0375. The van der Waals surface area contributed by atoms with E-state index in [0.717, 1.165) is 64.2 Å². The average molecular weight is 312 g/mol. The Balaban J connectivity index is 1.52. The van der Waals surface area contributed by atoms with Gasteiger partial charge in [-0.05, 0) is 56.8 Å². The molecule has 0 spiro atoms. The predicted octanol–water partition coefficient (Wildman–Crippen LogP) is 2.90. The Kier molecular flexibility index (Phi) is 5.84. The summed E-state index contributed by atoms with van der Waals surface area (Å²) < 4.78 is 4.87. The number of aliphatic hydroxyl groups excluding tert-OH is 1. The molecule has 0 amide bonds. The summed E-state index contributed by atoms with van der Waals surface area (Å²) in [5.74, 6) is -0.703. The number of carboxylic acids is 1. The zero-order valence-corrected chi connectivity index (χ0v) is 13.3. The average Bonchev–Trinajstić information content (AvgIpc) is 3.35. The summed E-state index contributed by atoms with van der Waals surface area (Å²) in [6, 6.07) is 0. The smallest absolute Gasteiger partial charge is 0.303 e. The molecule has 0 aromatic rings. The lowest BCUT2D eigenvalue weighted by Gasteiger charge is -2.16.